The lowest BCUT2D eigenvalue weighted by molar-refractivity contribution is 0.0697. The van der Waals surface area contributed by atoms with Crippen molar-refractivity contribution < 1.29 is 9.59 Å². The number of aromatic nitrogens is 2. The lowest BCUT2D eigenvalue weighted by Gasteiger charge is -2.30. The zero-order valence-corrected chi connectivity index (χ0v) is 14.3. The number of nitrogens with zero attached hydrogens (tertiary/aromatic N) is 3. The molecule has 0 aliphatic carbocycles. The summed E-state index contributed by atoms with van der Waals surface area (Å²) in [4.78, 5) is 34.8. The molecule has 3 heterocycles. The van der Waals surface area contributed by atoms with Gasteiger partial charge in [-0.2, -0.15) is 0 Å². The molecular weight excluding hydrogens is 316 g/mol. The van der Waals surface area contributed by atoms with Crippen molar-refractivity contribution in [1.29, 1.82) is 0 Å². The Morgan fingerprint density at radius 2 is 1.80 bits per heavy atom. The van der Waals surface area contributed by atoms with E-state index in [1.54, 1.807) is 18.5 Å². The first kappa shape index (κ1) is 17.1. The molecule has 6 heteroatoms. The Morgan fingerprint density at radius 3 is 2.52 bits per heavy atom. The van der Waals surface area contributed by atoms with Crippen LogP contribution in [0.25, 0.3) is 0 Å². The average molecular weight is 338 g/mol. The highest BCUT2D eigenvalue weighted by atomic mass is 16.2. The second-order valence-electron chi connectivity index (χ2n) is 6.48. The molecule has 1 aliphatic rings. The minimum absolute atomic E-state index is 0.0526. The van der Waals surface area contributed by atoms with Crippen molar-refractivity contribution >= 4 is 11.8 Å². The number of hydrogen-bond donors (Lipinski definition) is 1. The van der Waals surface area contributed by atoms with Crippen LogP contribution in [0.4, 0.5) is 0 Å². The van der Waals surface area contributed by atoms with Gasteiger partial charge in [-0.25, -0.2) is 0 Å². The standard InChI is InChI=1S/C19H22N4O2/c1-14-4-8-23(9-5-14)19(25)17-10-16(12-21-13-17)18(24)22-11-15-2-6-20-7-3-15/h2-3,6-7,10,12-14H,4-5,8-9,11H2,1H3,(H,22,24). The fourth-order valence-corrected chi connectivity index (χ4v) is 2.86. The topological polar surface area (TPSA) is 75.2 Å². The van der Waals surface area contributed by atoms with Crippen LogP contribution in [0, 0.1) is 5.92 Å². The quantitative estimate of drug-likeness (QED) is 0.928. The van der Waals surface area contributed by atoms with Gasteiger partial charge in [0.05, 0.1) is 11.1 Å². The largest absolute Gasteiger partial charge is 0.348 e. The third-order valence-corrected chi connectivity index (χ3v) is 4.52. The zero-order valence-electron chi connectivity index (χ0n) is 14.3. The van der Waals surface area contributed by atoms with Crippen molar-refractivity contribution in [3.8, 4) is 0 Å². The van der Waals surface area contributed by atoms with Gasteiger partial charge in [0.25, 0.3) is 11.8 Å². The Labute approximate surface area is 147 Å². The summed E-state index contributed by atoms with van der Waals surface area (Å²) in [5.74, 6) is 0.363. The van der Waals surface area contributed by atoms with E-state index in [0.717, 1.165) is 31.5 Å². The number of likely N-dealkylation sites (tertiary alicyclic amines) is 1. The number of amides is 2. The molecule has 0 bridgehead atoms. The Balaban J connectivity index is 1.64. The molecule has 1 N–H and O–H groups in total. The summed E-state index contributed by atoms with van der Waals surface area (Å²) < 4.78 is 0. The minimum Gasteiger partial charge on any atom is -0.348 e. The predicted molar refractivity (Wildman–Crippen MR) is 93.9 cm³/mol. The van der Waals surface area contributed by atoms with E-state index in [4.69, 9.17) is 0 Å². The van der Waals surface area contributed by atoms with E-state index < -0.39 is 0 Å². The smallest absolute Gasteiger partial charge is 0.255 e. The number of hydrogen-bond acceptors (Lipinski definition) is 4. The van der Waals surface area contributed by atoms with E-state index in [1.165, 1.54) is 12.4 Å². The van der Waals surface area contributed by atoms with Crippen LogP contribution in [0.1, 0.15) is 46.0 Å². The molecule has 0 unspecified atom stereocenters. The fourth-order valence-electron chi connectivity index (χ4n) is 2.86. The maximum absolute atomic E-state index is 12.6. The highest BCUT2D eigenvalue weighted by Gasteiger charge is 2.22. The molecule has 2 amide bonds. The van der Waals surface area contributed by atoms with E-state index in [0.29, 0.717) is 23.6 Å². The molecule has 1 aliphatic heterocycles. The summed E-state index contributed by atoms with van der Waals surface area (Å²) in [7, 11) is 0. The summed E-state index contributed by atoms with van der Waals surface area (Å²) in [6.07, 6.45) is 8.41. The lowest BCUT2D eigenvalue weighted by atomic mass is 9.98. The Bertz CT molecular complexity index is 740. The van der Waals surface area contributed by atoms with E-state index in [2.05, 4.69) is 22.2 Å². The van der Waals surface area contributed by atoms with Gasteiger partial charge in [0.2, 0.25) is 0 Å². The van der Waals surface area contributed by atoms with Gasteiger partial charge in [-0.05, 0) is 42.5 Å². The van der Waals surface area contributed by atoms with Crippen LogP contribution in [0.3, 0.4) is 0 Å². The van der Waals surface area contributed by atoms with Gasteiger partial charge in [0, 0.05) is 44.4 Å². The summed E-state index contributed by atoms with van der Waals surface area (Å²) in [6, 6.07) is 5.31. The van der Waals surface area contributed by atoms with Crippen LogP contribution in [0.15, 0.2) is 43.0 Å². The number of nitrogens with one attached hydrogen (secondary N) is 1. The molecule has 6 nitrogen and oxygen atoms in total. The number of piperidine rings is 1. The number of pyridine rings is 2. The van der Waals surface area contributed by atoms with Gasteiger partial charge < -0.3 is 10.2 Å². The SMILES string of the molecule is CC1CCN(C(=O)c2cncc(C(=O)NCc3ccncc3)c2)CC1. The molecule has 0 spiro atoms. The van der Waals surface area contributed by atoms with E-state index >= 15 is 0 Å². The molecule has 2 aromatic rings. The first-order valence-corrected chi connectivity index (χ1v) is 8.55. The molecule has 130 valence electrons. The molecule has 0 saturated carbocycles. The van der Waals surface area contributed by atoms with Gasteiger partial charge in [-0.1, -0.05) is 6.92 Å². The lowest BCUT2D eigenvalue weighted by Crippen LogP contribution is -2.38. The van der Waals surface area contributed by atoms with Gasteiger partial charge in [0.1, 0.15) is 0 Å². The van der Waals surface area contributed by atoms with Crippen LogP contribution in [0.5, 0.6) is 0 Å². The molecule has 3 rings (SSSR count). The van der Waals surface area contributed by atoms with Crippen molar-refractivity contribution in [2.24, 2.45) is 5.92 Å². The van der Waals surface area contributed by atoms with Crippen LogP contribution < -0.4 is 5.32 Å². The highest BCUT2D eigenvalue weighted by Crippen LogP contribution is 2.18. The molecule has 1 saturated heterocycles. The monoisotopic (exact) mass is 338 g/mol. The molecule has 2 aromatic heterocycles. The van der Waals surface area contributed by atoms with Gasteiger partial charge in [-0.3, -0.25) is 19.6 Å². The van der Waals surface area contributed by atoms with Gasteiger partial charge >= 0.3 is 0 Å². The van der Waals surface area contributed by atoms with Crippen molar-refractivity contribution in [3.63, 3.8) is 0 Å². The number of carbonyl (C=O) groups is 2. The third kappa shape index (κ3) is 4.41. The van der Waals surface area contributed by atoms with E-state index in [-0.39, 0.29) is 11.8 Å². The van der Waals surface area contributed by atoms with Crippen molar-refractivity contribution in [2.75, 3.05) is 13.1 Å². The second kappa shape index (κ2) is 7.88. The van der Waals surface area contributed by atoms with Crippen molar-refractivity contribution in [1.82, 2.24) is 20.2 Å². The normalized spacial score (nSPS) is 15.0. The van der Waals surface area contributed by atoms with Crippen molar-refractivity contribution in [2.45, 2.75) is 26.3 Å². The summed E-state index contributed by atoms with van der Waals surface area (Å²) in [5, 5.41) is 2.84. The van der Waals surface area contributed by atoms with E-state index in [9.17, 15) is 9.59 Å². The number of rotatable bonds is 4. The van der Waals surface area contributed by atoms with Crippen LogP contribution in [-0.4, -0.2) is 39.8 Å². The van der Waals surface area contributed by atoms with Crippen LogP contribution in [0.2, 0.25) is 0 Å². The van der Waals surface area contributed by atoms with Crippen LogP contribution in [-0.2, 0) is 6.54 Å². The first-order valence-electron chi connectivity index (χ1n) is 8.55. The van der Waals surface area contributed by atoms with Crippen LogP contribution >= 0.6 is 0 Å². The number of carbonyl (C=O) groups excluding carboxylic acids is 2. The molecule has 0 aromatic carbocycles. The average Bonchev–Trinajstić information content (AvgIpc) is 2.67. The maximum atomic E-state index is 12.6. The molecular formula is C19H22N4O2. The third-order valence-electron chi connectivity index (χ3n) is 4.52. The van der Waals surface area contributed by atoms with E-state index in [1.807, 2.05) is 17.0 Å². The summed E-state index contributed by atoms with van der Waals surface area (Å²) in [5.41, 5.74) is 1.82. The molecule has 25 heavy (non-hydrogen) atoms. The molecule has 0 radical (unpaired) electrons. The fraction of sp³-hybridized carbons (Fsp3) is 0.368. The summed E-state index contributed by atoms with van der Waals surface area (Å²) >= 11 is 0. The predicted octanol–water partition coefficient (Wildman–Crippen LogP) is 2.28. The van der Waals surface area contributed by atoms with Gasteiger partial charge in [0.15, 0.2) is 0 Å². The molecule has 1 fully saturated rings. The second-order valence-corrected chi connectivity index (χ2v) is 6.48. The molecule has 0 atom stereocenters. The Hall–Kier alpha value is -2.76. The zero-order chi connectivity index (χ0) is 17.6. The minimum atomic E-state index is -0.244. The summed E-state index contributed by atoms with van der Waals surface area (Å²) in [6.45, 7) is 4.14. The Kier molecular flexibility index (Phi) is 5.38. The Morgan fingerprint density at radius 1 is 1.12 bits per heavy atom. The first-order chi connectivity index (χ1) is 12.1. The van der Waals surface area contributed by atoms with Gasteiger partial charge in [-0.15, -0.1) is 0 Å². The van der Waals surface area contributed by atoms with Crippen molar-refractivity contribution in [3.05, 3.63) is 59.7 Å². The maximum Gasteiger partial charge on any atom is 0.255 e. The highest BCUT2D eigenvalue weighted by molar-refractivity contribution is 5.99.